The molecule has 1 aromatic carbocycles. The summed E-state index contributed by atoms with van der Waals surface area (Å²) < 4.78 is 59.8. The number of alkyl halides is 3. The van der Waals surface area contributed by atoms with Crippen LogP contribution in [-0.2, 0) is 20.8 Å². The Balaban J connectivity index is 3.24. The van der Waals surface area contributed by atoms with E-state index in [0.29, 0.717) is 6.07 Å². The van der Waals surface area contributed by atoms with Gasteiger partial charge in [-0.2, -0.15) is 13.2 Å². The first-order valence-electron chi connectivity index (χ1n) is 5.74. The van der Waals surface area contributed by atoms with Gasteiger partial charge in [-0.3, -0.25) is 4.79 Å². The van der Waals surface area contributed by atoms with Crippen molar-refractivity contribution in [2.45, 2.75) is 24.8 Å². The van der Waals surface area contributed by atoms with Gasteiger partial charge in [-0.1, -0.05) is 0 Å². The molecule has 0 saturated carbocycles. The van der Waals surface area contributed by atoms with Crippen molar-refractivity contribution in [2.24, 2.45) is 0 Å². The van der Waals surface area contributed by atoms with E-state index in [2.05, 4.69) is 0 Å². The second-order valence-electron chi connectivity index (χ2n) is 5.04. The van der Waals surface area contributed by atoms with E-state index in [9.17, 15) is 26.4 Å². The summed E-state index contributed by atoms with van der Waals surface area (Å²) in [4.78, 5) is 12.0. The first-order valence-corrected chi connectivity index (χ1v) is 7.63. The number of benzene rings is 1. The smallest absolute Gasteiger partial charge is 0.399 e. The fourth-order valence-electron chi connectivity index (χ4n) is 1.35. The lowest BCUT2D eigenvalue weighted by molar-refractivity contribution is -0.136. The Kier molecular flexibility index (Phi) is 4.29. The van der Waals surface area contributed by atoms with Gasteiger partial charge in [-0.25, -0.2) is 8.42 Å². The van der Waals surface area contributed by atoms with E-state index in [-0.39, 0.29) is 5.69 Å². The largest absolute Gasteiger partial charge is 0.418 e. The van der Waals surface area contributed by atoms with Gasteiger partial charge in [0.2, 0.25) is 5.91 Å². The molecule has 0 aliphatic heterocycles. The van der Waals surface area contributed by atoms with Crippen molar-refractivity contribution in [3.8, 4) is 0 Å². The summed E-state index contributed by atoms with van der Waals surface area (Å²) in [6.45, 7) is 2.23. The minimum absolute atomic E-state index is 0.123. The lowest BCUT2D eigenvalue weighted by Gasteiger charge is -2.23. The zero-order chi connectivity index (χ0) is 16.6. The summed E-state index contributed by atoms with van der Waals surface area (Å²) in [6, 6.07) is 2.83. The SMILES string of the molecule is CC(C)(C(=O)Nc1ccc(N)cc1C(F)(F)F)S(C)(=O)=O. The van der Waals surface area contributed by atoms with E-state index in [4.69, 9.17) is 5.73 Å². The summed E-state index contributed by atoms with van der Waals surface area (Å²) in [5, 5.41) is 2.00. The highest BCUT2D eigenvalue weighted by Crippen LogP contribution is 2.36. The fraction of sp³-hybridized carbons (Fsp3) is 0.417. The van der Waals surface area contributed by atoms with Crippen molar-refractivity contribution < 1.29 is 26.4 Å². The van der Waals surface area contributed by atoms with Crippen molar-refractivity contribution in [3.05, 3.63) is 23.8 Å². The van der Waals surface area contributed by atoms with E-state index in [1.54, 1.807) is 0 Å². The van der Waals surface area contributed by atoms with Gasteiger partial charge in [0.25, 0.3) is 0 Å². The van der Waals surface area contributed by atoms with Crippen LogP contribution in [0.25, 0.3) is 0 Å². The average molecular weight is 324 g/mol. The molecule has 0 radical (unpaired) electrons. The summed E-state index contributed by atoms with van der Waals surface area (Å²) in [6.07, 6.45) is -3.90. The molecule has 3 N–H and O–H groups in total. The van der Waals surface area contributed by atoms with Gasteiger partial charge in [0.15, 0.2) is 9.84 Å². The van der Waals surface area contributed by atoms with Crippen LogP contribution in [0.2, 0.25) is 0 Å². The number of carbonyl (C=O) groups excluding carboxylic acids is 1. The number of hydrogen-bond donors (Lipinski definition) is 2. The Morgan fingerprint density at radius 3 is 2.19 bits per heavy atom. The molecular weight excluding hydrogens is 309 g/mol. The number of carbonyl (C=O) groups is 1. The van der Waals surface area contributed by atoms with Crippen LogP contribution in [0, 0.1) is 0 Å². The van der Waals surface area contributed by atoms with Gasteiger partial charge in [0, 0.05) is 11.9 Å². The van der Waals surface area contributed by atoms with Crippen LogP contribution in [0.3, 0.4) is 0 Å². The molecule has 1 amide bonds. The molecule has 0 fully saturated rings. The Morgan fingerprint density at radius 1 is 1.24 bits per heavy atom. The van der Waals surface area contributed by atoms with E-state index in [0.717, 1.165) is 26.2 Å². The number of amides is 1. The second kappa shape index (κ2) is 5.21. The molecule has 5 nitrogen and oxygen atoms in total. The van der Waals surface area contributed by atoms with E-state index < -0.39 is 37.9 Å². The summed E-state index contributed by atoms with van der Waals surface area (Å²) >= 11 is 0. The summed E-state index contributed by atoms with van der Waals surface area (Å²) in [5.41, 5.74) is 3.50. The predicted octanol–water partition coefficient (Wildman–Crippen LogP) is 2.05. The number of nitrogens with two attached hydrogens (primary N) is 1. The maximum atomic E-state index is 12.9. The molecule has 0 bridgehead atoms. The van der Waals surface area contributed by atoms with E-state index in [1.165, 1.54) is 6.07 Å². The second-order valence-corrected chi connectivity index (χ2v) is 7.60. The van der Waals surface area contributed by atoms with Crippen LogP contribution in [0.5, 0.6) is 0 Å². The van der Waals surface area contributed by atoms with Crippen LogP contribution < -0.4 is 11.1 Å². The normalized spacial score (nSPS) is 13.0. The Morgan fingerprint density at radius 2 is 1.76 bits per heavy atom. The average Bonchev–Trinajstić information content (AvgIpc) is 2.28. The number of nitrogens with one attached hydrogen (secondary N) is 1. The van der Waals surface area contributed by atoms with Gasteiger partial charge >= 0.3 is 6.18 Å². The molecule has 0 atom stereocenters. The molecule has 0 aliphatic carbocycles. The Labute approximate surface area is 120 Å². The first-order chi connectivity index (χ1) is 9.26. The predicted molar refractivity (Wildman–Crippen MR) is 73.4 cm³/mol. The highest BCUT2D eigenvalue weighted by atomic mass is 32.2. The molecule has 0 unspecified atom stereocenters. The zero-order valence-corrected chi connectivity index (χ0v) is 12.4. The lowest BCUT2D eigenvalue weighted by atomic mass is 10.1. The van der Waals surface area contributed by atoms with Crippen molar-refractivity contribution in [1.82, 2.24) is 0 Å². The number of nitrogen functional groups attached to an aromatic ring is 1. The minimum atomic E-state index is -4.73. The molecule has 1 rings (SSSR count). The summed E-state index contributed by atoms with van der Waals surface area (Å²) in [7, 11) is -3.80. The molecule has 0 heterocycles. The van der Waals surface area contributed by atoms with Crippen molar-refractivity contribution >= 4 is 27.1 Å². The monoisotopic (exact) mass is 324 g/mol. The first kappa shape index (κ1) is 17.3. The Hall–Kier alpha value is -1.77. The maximum Gasteiger partial charge on any atom is 0.418 e. The molecule has 9 heteroatoms. The van der Waals surface area contributed by atoms with Crippen LogP contribution in [-0.4, -0.2) is 25.3 Å². The van der Waals surface area contributed by atoms with Crippen LogP contribution in [0.15, 0.2) is 18.2 Å². The van der Waals surface area contributed by atoms with Gasteiger partial charge in [0.1, 0.15) is 4.75 Å². The number of halogens is 3. The highest BCUT2D eigenvalue weighted by Gasteiger charge is 2.40. The van der Waals surface area contributed by atoms with Gasteiger partial charge in [-0.05, 0) is 32.0 Å². The molecular formula is C12H15F3N2O3S. The van der Waals surface area contributed by atoms with E-state index >= 15 is 0 Å². The number of anilines is 2. The number of rotatable bonds is 3. The van der Waals surface area contributed by atoms with Crippen molar-refractivity contribution in [2.75, 3.05) is 17.3 Å². The molecule has 0 spiro atoms. The van der Waals surface area contributed by atoms with Crippen LogP contribution >= 0.6 is 0 Å². The molecule has 118 valence electrons. The third kappa shape index (κ3) is 3.66. The number of sulfone groups is 1. The van der Waals surface area contributed by atoms with Crippen molar-refractivity contribution in [1.29, 1.82) is 0 Å². The third-order valence-electron chi connectivity index (χ3n) is 3.07. The molecule has 0 aliphatic rings. The zero-order valence-electron chi connectivity index (χ0n) is 11.6. The lowest BCUT2D eigenvalue weighted by Crippen LogP contribution is -2.44. The van der Waals surface area contributed by atoms with Crippen LogP contribution in [0.1, 0.15) is 19.4 Å². The standard InChI is InChI=1S/C12H15F3N2O3S/c1-11(2,21(3,19)20)10(18)17-9-5-4-7(16)6-8(9)12(13,14)15/h4-6H,16H2,1-3H3,(H,17,18). The summed E-state index contributed by atoms with van der Waals surface area (Å²) in [5.74, 6) is -1.06. The topological polar surface area (TPSA) is 89.3 Å². The molecule has 0 saturated heterocycles. The third-order valence-corrected chi connectivity index (χ3v) is 5.11. The van der Waals surface area contributed by atoms with Crippen LogP contribution in [0.4, 0.5) is 24.5 Å². The number of hydrogen-bond acceptors (Lipinski definition) is 4. The molecule has 1 aromatic rings. The quantitative estimate of drug-likeness (QED) is 0.833. The molecule has 21 heavy (non-hydrogen) atoms. The molecule has 0 aromatic heterocycles. The van der Waals surface area contributed by atoms with Gasteiger partial charge in [0.05, 0.1) is 11.3 Å². The van der Waals surface area contributed by atoms with Crippen molar-refractivity contribution in [3.63, 3.8) is 0 Å². The minimum Gasteiger partial charge on any atom is -0.399 e. The fourth-order valence-corrected chi connectivity index (χ4v) is 1.73. The van der Waals surface area contributed by atoms with Gasteiger partial charge < -0.3 is 11.1 Å². The van der Waals surface area contributed by atoms with E-state index in [1.807, 2.05) is 5.32 Å². The Bertz CT molecular complexity index is 667. The highest BCUT2D eigenvalue weighted by molar-refractivity contribution is 7.92. The van der Waals surface area contributed by atoms with Gasteiger partial charge in [-0.15, -0.1) is 0 Å². The maximum absolute atomic E-state index is 12.9.